The summed E-state index contributed by atoms with van der Waals surface area (Å²) in [5.74, 6) is 0. The predicted octanol–water partition coefficient (Wildman–Crippen LogP) is 0.230. The average Bonchev–Trinajstić information content (AvgIpc) is 2.98. The Labute approximate surface area is 121 Å². The number of hydrogen-bond donors (Lipinski definition) is 2. The van der Waals surface area contributed by atoms with Gasteiger partial charge < -0.3 is 20.7 Å². The van der Waals surface area contributed by atoms with E-state index in [9.17, 15) is 4.79 Å². The molecule has 20 heavy (non-hydrogen) atoms. The lowest BCUT2D eigenvalue weighted by Gasteiger charge is -2.39. The molecule has 2 saturated heterocycles. The van der Waals surface area contributed by atoms with E-state index in [1.54, 1.807) is 0 Å². The highest BCUT2D eigenvalue weighted by molar-refractivity contribution is 5.74. The van der Waals surface area contributed by atoms with E-state index in [4.69, 9.17) is 10.5 Å². The Kier molecular flexibility index (Phi) is 6.06. The van der Waals surface area contributed by atoms with Crippen molar-refractivity contribution in [3.63, 3.8) is 0 Å². The van der Waals surface area contributed by atoms with Gasteiger partial charge in [-0.1, -0.05) is 6.92 Å². The van der Waals surface area contributed by atoms with Crippen molar-refractivity contribution in [2.24, 2.45) is 5.73 Å². The molecule has 6 heteroatoms. The number of ether oxygens (including phenoxy) is 1. The molecule has 0 aliphatic carbocycles. The minimum atomic E-state index is 0.0621. The maximum absolute atomic E-state index is 12.1. The van der Waals surface area contributed by atoms with Crippen LogP contribution in [0, 0.1) is 0 Å². The molecule has 2 fully saturated rings. The van der Waals surface area contributed by atoms with Gasteiger partial charge in [-0.15, -0.1) is 0 Å². The molecule has 0 aromatic rings. The summed E-state index contributed by atoms with van der Waals surface area (Å²) in [6.07, 6.45) is 3.10. The second kappa shape index (κ2) is 7.81. The summed E-state index contributed by atoms with van der Waals surface area (Å²) in [7, 11) is 0. The van der Waals surface area contributed by atoms with E-state index in [2.05, 4.69) is 17.1 Å². The number of carbonyl (C=O) groups excluding carboxylic acids is 1. The van der Waals surface area contributed by atoms with E-state index in [-0.39, 0.29) is 12.1 Å². The molecule has 2 heterocycles. The predicted molar refractivity (Wildman–Crippen MR) is 78.7 cm³/mol. The number of urea groups is 1. The minimum absolute atomic E-state index is 0.0621. The van der Waals surface area contributed by atoms with Gasteiger partial charge in [0.05, 0.1) is 12.6 Å². The summed E-state index contributed by atoms with van der Waals surface area (Å²) >= 11 is 0. The molecule has 0 spiro atoms. The summed E-state index contributed by atoms with van der Waals surface area (Å²) in [5.41, 5.74) is 5.67. The number of hydrogen-bond acceptors (Lipinski definition) is 4. The minimum Gasteiger partial charge on any atom is -0.379 e. The molecule has 0 saturated carbocycles. The molecule has 116 valence electrons. The summed E-state index contributed by atoms with van der Waals surface area (Å²) in [6.45, 7) is 7.87. The van der Waals surface area contributed by atoms with Gasteiger partial charge in [0.25, 0.3) is 0 Å². The van der Waals surface area contributed by atoms with Crippen LogP contribution in [0.25, 0.3) is 0 Å². The number of nitrogens with one attached hydrogen (secondary N) is 1. The van der Waals surface area contributed by atoms with Gasteiger partial charge in [-0.3, -0.25) is 4.90 Å². The summed E-state index contributed by atoms with van der Waals surface area (Å²) in [4.78, 5) is 16.5. The van der Waals surface area contributed by atoms with Gasteiger partial charge in [0.2, 0.25) is 0 Å². The van der Waals surface area contributed by atoms with Crippen LogP contribution in [0.15, 0.2) is 0 Å². The van der Waals surface area contributed by atoms with Gasteiger partial charge in [0.15, 0.2) is 0 Å². The zero-order chi connectivity index (χ0) is 14.4. The van der Waals surface area contributed by atoms with Gasteiger partial charge in [-0.25, -0.2) is 4.79 Å². The van der Waals surface area contributed by atoms with E-state index in [1.165, 1.54) is 0 Å². The molecule has 0 aromatic carbocycles. The normalized spacial score (nSPS) is 25.7. The van der Waals surface area contributed by atoms with Crippen molar-refractivity contribution in [2.75, 3.05) is 45.9 Å². The Balaban J connectivity index is 1.73. The Hall–Kier alpha value is -0.850. The summed E-state index contributed by atoms with van der Waals surface area (Å²) in [5, 5.41) is 3.06. The van der Waals surface area contributed by atoms with Gasteiger partial charge in [0, 0.05) is 38.8 Å². The van der Waals surface area contributed by atoms with Crippen molar-refractivity contribution in [1.82, 2.24) is 15.1 Å². The molecule has 2 aliphatic rings. The standard InChI is InChI=1S/C14H28N4O2/c1-2-13(3-5-15)17-6-8-18(9-7-17)14(19)16-12-4-10-20-11-12/h12-13H,2-11,15H2,1H3,(H,16,19). The van der Waals surface area contributed by atoms with Crippen LogP contribution in [0.2, 0.25) is 0 Å². The first-order valence-corrected chi connectivity index (χ1v) is 7.82. The SMILES string of the molecule is CCC(CCN)N1CCN(C(=O)NC2CCOC2)CC1. The number of piperazine rings is 1. The Bertz CT molecular complexity index is 300. The number of nitrogens with two attached hydrogens (primary N) is 1. The van der Waals surface area contributed by atoms with Crippen molar-refractivity contribution < 1.29 is 9.53 Å². The van der Waals surface area contributed by atoms with Crippen LogP contribution in [0.1, 0.15) is 26.2 Å². The lowest BCUT2D eigenvalue weighted by Crippen LogP contribution is -2.55. The summed E-state index contributed by atoms with van der Waals surface area (Å²) < 4.78 is 5.28. The lowest BCUT2D eigenvalue weighted by molar-refractivity contribution is 0.101. The first kappa shape index (κ1) is 15.5. The lowest BCUT2D eigenvalue weighted by atomic mass is 10.1. The Morgan fingerprint density at radius 1 is 1.40 bits per heavy atom. The van der Waals surface area contributed by atoms with E-state index < -0.39 is 0 Å². The first-order chi connectivity index (χ1) is 9.74. The first-order valence-electron chi connectivity index (χ1n) is 7.82. The second-order valence-electron chi connectivity index (χ2n) is 5.67. The number of amides is 2. The molecule has 2 aliphatic heterocycles. The molecule has 2 atom stereocenters. The van der Waals surface area contributed by atoms with Gasteiger partial charge >= 0.3 is 6.03 Å². The Morgan fingerprint density at radius 2 is 2.15 bits per heavy atom. The molecule has 0 radical (unpaired) electrons. The van der Waals surface area contributed by atoms with Crippen LogP contribution in [0.3, 0.4) is 0 Å². The third kappa shape index (κ3) is 4.07. The van der Waals surface area contributed by atoms with E-state index in [0.717, 1.165) is 58.6 Å². The van der Waals surface area contributed by atoms with Crippen molar-refractivity contribution in [3.05, 3.63) is 0 Å². The van der Waals surface area contributed by atoms with Crippen LogP contribution in [0.4, 0.5) is 4.79 Å². The fraction of sp³-hybridized carbons (Fsp3) is 0.929. The maximum atomic E-state index is 12.1. The third-order valence-electron chi connectivity index (χ3n) is 4.35. The molecular formula is C14H28N4O2. The molecule has 2 rings (SSSR count). The fourth-order valence-corrected chi connectivity index (χ4v) is 3.04. The highest BCUT2D eigenvalue weighted by atomic mass is 16.5. The monoisotopic (exact) mass is 284 g/mol. The van der Waals surface area contributed by atoms with Crippen LogP contribution in [0.5, 0.6) is 0 Å². The highest BCUT2D eigenvalue weighted by Gasteiger charge is 2.26. The summed E-state index contributed by atoms with van der Waals surface area (Å²) in [6, 6.07) is 0.821. The van der Waals surface area contributed by atoms with Crippen molar-refractivity contribution in [1.29, 1.82) is 0 Å². The number of carbonyl (C=O) groups is 1. The number of rotatable bonds is 5. The maximum Gasteiger partial charge on any atom is 0.317 e. The molecule has 2 unspecified atom stereocenters. The van der Waals surface area contributed by atoms with Crippen molar-refractivity contribution in [3.8, 4) is 0 Å². The molecule has 3 N–H and O–H groups in total. The van der Waals surface area contributed by atoms with Crippen LogP contribution < -0.4 is 11.1 Å². The van der Waals surface area contributed by atoms with E-state index in [1.807, 2.05) is 4.90 Å². The van der Waals surface area contributed by atoms with Gasteiger partial charge in [-0.05, 0) is 25.8 Å². The van der Waals surface area contributed by atoms with E-state index >= 15 is 0 Å². The van der Waals surface area contributed by atoms with E-state index in [0.29, 0.717) is 12.6 Å². The zero-order valence-corrected chi connectivity index (χ0v) is 12.5. The van der Waals surface area contributed by atoms with Crippen LogP contribution >= 0.6 is 0 Å². The van der Waals surface area contributed by atoms with Crippen LogP contribution in [-0.4, -0.2) is 73.9 Å². The Morgan fingerprint density at radius 3 is 2.70 bits per heavy atom. The zero-order valence-electron chi connectivity index (χ0n) is 12.5. The average molecular weight is 284 g/mol. The molecule has 0 aromatic heterocycles. The van der Waals surface area contributed by atoms with Gasteiger partial charge in [-0.2, -0.15) is 0 Å². The molecular weight excluding hydrogens is 256 g/mol. The highest BCUT2D eigenvalue weighted by Crippen LogP contribution is 2.12. The quantitative estimate of drug-likeness (QED) is 0.758. The van der Waals surface area contributed by atoms with Crippen LogP contribution in [-0.2, 0) is 4.74 Å². The number of nitrogens with zero attached hydrogens (tertiary/aromatic N) is 2. The molecule has 2 amide bonds. The molecule has 0 bridgehead atoms. The van der Waals surface area contributed by atoms with Crippen molar-refractivity contribution in [2.45, 2.75) is 38.3 Å². The van der Waals surface area contributed by atoms with Crippen molar-refractivity contribution >= 4 is 6.03 Å². The fourth-order valence-electron chi connectivity index (χ4n) is 3.04. The second-order valence-corrected chi connectivity index (χ2v) is 5.67. The largest absolute Gasteiger partial charge is 0.379 e. The van der Waals surface area contributed by atoms with Gasteiger partial charge in [0.1, 0.15) is 0 Å². The topological polar surface area (TPSA) is 70.8 Å². The molecule has 6 nitrogen and oxygen atoms in total. The smallest absolute Gasteiger partial charge is 0.317 e. The third-order valence-corrected chi connectivity index (χ3v) is 4.35.